The van der Waals surface area contributed by atoms with Gasteiger partial charge in [0.05, 0.1) is 0 Å². The van der Waals surface area contributed by atoms with Crippen LogP contribution < -0.4 is 14.7 Å². The predicted octanol–water partition coefficient (Wildman–Crippen LogP) is 4.81. The standard InChI is InChI=1S/C26H33N3O/c1-26(30,21-11-15-23(16-12-21)28(4)5)24-18-20(10-17-25(24)29(6)7)19-8-13-22(14-9-19)27(2)3/h8-18,30H,1-7H3. The van der Waals surface area contributed by atoms with Gasteiger partial charge in [-0.3, -0.25) is 0 Å². The highest BCUT2D eigenvalue weighted by Crippen LogP contribution is 2.38. The molecule has 0 bridgehead atoms. The molecule has 1 atom stereocenters. The summed E-state index contributed by atoms with van der Waals surface area (Å²) in [4.78, 5) is 6.20. The quantitative estimate of drug-likeness (QED) is 0.640. The van der Waals surface area contributed by atoms with E-state index in [0.717, 1.165) is 39.3 Å². The van der Waals surface area contributed by atoms with Gasteiger partial charge in [-0.1, -0.05) is 30.3 Å². The summed E-state index contributed by atoms with van der Waals surface area (Å²) in [7, 11) is 12.1. The van der Waals surface area contributed by atoms with Crippen LogP contribution in [0.3, 0.4) is 0 Å². The summed E-state index contributed by atoms with van der Waals surface area (Å²) in [6, 6.07) is 22.9. The third kappa shape index (κ3) is 4.29. The molecule has 0 aliphatic rings. The van der Waals surface area contributed by atoms with E-state index in [1.807, 2.05) is 73.5 Å². The van der Waals surface area contributed by atoms with Crippen LogP contribution in [-0.4, -0.2) is 47.4 Å². The Balaban J connectivity index is 2.08. The monoisotopic (exact) mass is 403 g/mol. The van der Waals surface area contributed by atoms with Gasteiger partial charge in [0.2, 0.25) is 0 Å². The van der Waals surface area contributed by atoms with Crippen molar-refractivity contribution in [3.05, 3.63) is 77.9 Å². The van der Waals surface area contributed by atoms with Gasteiger partial charge in [0, 0.05) is 64.9 Å². The highest BCUT2D eigenvalue weighted by atomic mass is 16.3. The first-order valence-corrected chi connectivity index (χ1v) is 10.2. The summed E-state index contributed by atoms with van der Waals surface area (Å²) in [5.74, 6) is 0. The van der Waals surface area contributed by atoms with Crippen LogP contribution in [0.4, 0.5) is 17.1 Å². The molecule has 1 unspecified atom stereocenters. The largest absolute Gasteiger partial charge is 0.381 e. The number of nitrogens with zero attached hydrogens (tertiary/aromatic N) is 3. The van der Waals surface area contributed by atoms with Crippen LogP contribution in [0.15, 0.2) is 66.7 Å². The lowest BCUT2D eigenvalue weighted by Crippen LogP contribution is -2.26. The Morgan fingerprint density at radius 3 is 1.53 bits per heavy atom. The van der Waals surface area contributed by atoms with Crippen molar-refractivity contribution in [3.63, 3.8) is 0 Å². The van der Waals surface area contributed by atoms with Gasteiger partial charge < -0.3 is 19.8 Å². The van der Waals surface area contributed by atoms with Crippen LogP contribution in [0.2, 0.25) is 0 Å². The Morgan fingerprint density at radius 2 is 1.07 bits per heavy atom. The molecule has 0 heterocycles. The first kappa shape index (κ1) is 21.7. The van der Waals surface area contributed by atoms with Crippen LogP contribution in [0.1, 0.15) is 18.1 Å². The van der Waals surface area contributed by atoms with E-state index in [4.69, 9.17) is 0 Å². The maximum atomic E-state index is 11.7. The zero-order valence-corrected chi connectivity index (χ0v) is 19.1. The lowest BCUT2D eigenvalue weighted by molar-refractivity contribution is 0.103. The molecule has 0 radical (unpaired) electrons. The molecule has 0 aromatic heterocycles. The van der Waals surface area contributed by atoms with Gasteiger partial charge in [-0.05, 0) is 60.0 Å². The molecule has 0 amide bonds. The third-order valence-corrected chi connectivity index (χ3v) is 5.67. The maximum Gasteiger partial charge on any atom is 0.114 e. The number of hydrogen-bond donors (Lipinski definition) is 1. The summed E-state index contributed by atoms with van der Waals surface area (Å²) in [5.41, 5.74) is 6.14. The van der Waals surface area contributed by atoms with Crippen molar-refractivity contribution in [2.75, 3.05) is 57.0 Å². The van der Waals surface area contributed by atoms with E-state index in [1.54, 1.807) is 0 Å². The Kier molecular flexibility index (Phi) is 6.09. The van der Waals surface area contributed by atoms with E-state index in [-0.39, 0.29) is 0 Å². The fourth-order valence-corrected chi connectivity index (χ4v) is 3.69. The van der Waals surface area contributed by atoms with Crippen LogP contribution in [0.25, 0.3) is 11.1 Å². The van der Waals surface area contributed by atoms with Crippen molar-refractivity contribution in [3.8, 4) is 11.1 Å². The Labute approximate surface area is 181 Å². The van der Waals surface area contributed by atoms with Gasteiger partial charge in [0.25, 0.3) is 0 Å². The Morgan fingerprint density at radius 1 is 0.600 bits per heavy atom. The molecule has 0 saturated heterocycles. The number of benzene rings is 3. The molecule has 3 aromatic rings. The highest BCUT2D eigenvalue weighted by Gasteiger charge is 2.29. The Bertz CT molecular complexity index is 988. The van der Waals surface area contributed by atoms with E-state index in [2.05, 4.69) is 57.2 Å². The molecule has 3 rings (SSSR count). The zero-order valence-electron chi connectivity index (χ0n) is 19.1. The number of rotatable bonds is 6. The minimum Gasteiger partial charge on any atom is -0.381 e. The molecule has 0 spiro atoms. The van der Waals surface area contributed by atoms with E-state index >= 15 is 0 Å². The van der Waals surface area contributed by atoms with Crippen LogP contribution >= 0.6 is 0 Å². The van der Waals surface area contributed by atoms with Crippen molar-refractivity contribution in [1.29, 1.82) is 0 Å². The first-order valence-electron chi connectivity index (χ1n) is 10.2. The summed E-state index contributed by atoms with van der Waals surface area (Å²) in [6.07, 6.45) is 0. The van der Waals surface area contributed by atoms with Gasteiger partial charge in [-0.25, -0.2) is 0 Å². The molecule has 4 heteroatoms. The summed E-state index contributed by atoms with van der Waals surface area (Å²) in [6.45, 7) is 1.87. The minimum absolute atomic E-state index is 0.872. The van der Waals surface area contributed by atoms with Gasteiger partial charge in [0.15, 0.2) is 0 Å². The Hall–Kier alpha value is -2.98. The minimum atomic E-state index is -1.12. The van der Waals surface area contributed by atoms with Crippen molar-refractivity contribution in [2.45, 2.75) is 12.5 Å². The van der Waals surface area contributed by atoms with Gasteiger partial charge in [-0.2, -0.15) is 0 Å². The lowest BCUT2D eigenvalue weighted by atomic mass is 9.85. The average Bonchev–Trinajstić information content (AvgIpc) is 2.73. The lowest BCUT2D eigenvalue weighted by Gasteiger charge is -2.30. The summed E-state index contributed by atoms with van der Waals surface area (Å²) in [5, 5.41) is 11.7. The molecule has 3 aromatic carbocycles. The number of aliphatic hydroxyl groups is 1. The van der Waals surface area contributed by atoms with Crippen LogP contribution in [0.5, 0.6) is 0 Å². The molecule has 30 heavy (non-hydrogen) atoms. The summed E-state index contributed by atoms with van der Waals surface area (Å²) < 4.78 is 0. The second-order valence-electron chi connectivity index (χ2n) is 8.58. The van der Waals surface area contributed by atoms with Gasteiger partial charge >= 0.3 is 0 Å². The molecular formula is C26H33N3O. The van der Waals surface area contributed by atoms with Crippen molar-refractivity contribution in [1.82, 2.24) is 0 Å². The zero-order chi connectivity index (χ0) is 22.1. The molecular weight excluding hydrogens is 370 g/mol. The van der Waals surface area contributed by atoms with E-state index in [1.165, 1.54) is 0 Å². The fourth-order valence-electron chi connectivity index (χ4n) is 3.69. The second-order valence-corrected chi connectivity index (χ2v) is 8.58. The van der Waals surface area contributed by atoms with E-state index < -0.39 is 5.60 Å². The van der Waals surface area contributed by atoms with Gasteiger partial charge in [-0.15, -0.1) is 0 Å². The highest BCUT2D eigenvalue weighted by molar-refractivity contribution is 5.72. The SMILES string of the molecule is CN(C)c1ccc(-c2ccc(N(C)C)c(C(C)(O)c3ccc(N(C)C)cc3)c2)cc1. The maximum absolute atomic E-state index is 11.7. The van der Waals surface area contributed by atoms with Crippen molar-refractivity contribution in [2.24, 2.45) is 0 Å². The van der Waals surface area contributed by atoms with Crippen LogP contribution in [-0.2, 0) is 5.60 Å². The number of hydrogen-bond acceptors (Lipinski definition) is 4. The smallest absolute Gasteiger partial charge is 0.114 e. The second kappa shape index (κ2) is 8.41. The van der Waals surface area contributed by atoms with Crippen molar-refractivity contribution >= 4 is 17.1 Å². The first-order chi connectivity index (χ1) is 14.1. The van der Waals surface area contributed by atoms with E-state index in [0.29, 0.717) is 0 Å². The predicted molar refractivity (Wildman–Crippen MR) is 130 cm³/mol. The topological polar surface area (TPSA) is 30.0 Å². The van der Waals surface area contributed by atoms with Crippen LogP contribution in [0, 0.1) is 0 Å². The number of anilines is 3. The molecule has 0 fully saturated rings. The molecule has 4 nitrogen and oxygen atoms in total. The molecule has 0 saturated carbocycles. The summed E-state index contributed by atoms with van der Waals surface area (Å²) >= 11 is 0. The fraction of sp³-hybridized carbons (Fsp3) is 0.308. The molecule has 0 aliphatic heterocycles. The van der Waals surface area contributed by atoms with Gasteiger partial charge in [0.1, 0.15) is 5.60 Å². The molecule has 0 aliphatic carbocycles. The van der Waals surface area contributed by atoms with Crippen molar-refractivity contribution < 1.29 is 5.11 Å². The third-order valence-electron chi connectivity index (χ3n) is 5.67. The van der Waals surface area contributed by atoms with E-state index in [9.17, 15) is 5.11 Å². The normalized spacial score (nSPS) is 12.9. The molecule has 158 valence electrons. The molecule has 1 N–H and O–H groups in total. The average molecular weight is 404 g/mol.